The molecule has 2 bridgehead atoms. The number of likely N-dealkylation sites (tertiary alicyclic amines) is 1. The van der Waals surface area contributed by atoms with Crippen LogP contribution in [0.25, 0.3) is 0 Å². The number of fused-ring (bicyclic) bond motifs is 2. The van der Waals surface area contributed by atoms with Crippen molar-refractivity contribution in [2.75, 3.05) is 26.2 Å². The molecular weight excluding hydrogens is 341 g/mol. The van der Waals surface area contributed by atoms with Gasteiger partial charge in [0.05, 0.1) is 6.54 Å². The third kappa shape index (κ3) is 3.64. The highest BCUT2D eigenvalue weighted by Crippen LogP contribution is 2.46. The van der Waals surface area contributed by atoms with E-state index in [4.69, 9.17) is 0 Å². The van der Waals surface area contributed by atoms with Crippen LogP contribution >= 0.6 is 0 Å². The van der Waals surface area contributed by atoms with Gasteiger partial charge in [-0.25, -0.2) is 4.39 Å². The lowest BCUT2D eigenvalue weighted by molar-refractivity contribution is -0.125. The summed E-state index contributed by atoms with van der Waals surface area (Å²) in [7, 11) is 0. The van der Waals surface area contributed by atoms with Crippen molar-refractivity contribution in [1.29, 1.82) is 0 Å². The van der Waals surface area contributed by atoms with Crippen molar-refractivity contribution < 1.29 is 9.18 Å². The Kier molecular flexibility index (Phi) is 5.02. The molecule has 4 aliphatic heterocycles. The molecule has 1 aromatic rings. The van der Waals surface area contributed by atoms with Crippen LogP contribution in [0.4, 0.5) is 4.39 Å². The molecule has 1 N–H and O–H groups in total. The summed E-state index contributed by atoms with van der Waals surface area (Å²) in [5.41, 5.74) is 1.04. The molecule has 0 unspecified atom stereocenters. The van der Waals surface area contributed by atoms with Gasteiger partial charge in [-0.3, -0.25) is 14.6 Å². The van der Waals surface area contributed by atoms with E-state index in [-0.39, 0.29) is 17.3 Å². The second kappa shape index (κ2) is 7.17. The van der Waals surface area contributed by atoms with Gasteiger partial charge in [-0.05, 0) is 69.8 Å². The van der Waals surface area contributed by atoms with Crippen molar-refractivity contribution in [1.82, 2.24) is 15.1 Å². The number of rotatable bonds is 5. The Morgan fingerprint density at radius 1 is 1.19 bits per heavy atom. The molecular formula is C22H32FN3O. The maximum atomic E-state index is 13.4. The third-order valence-corrected chi connectivity index (χ3v) is 7.10. The van der Waals surface area contributed by atoms with Crippen LogP contribution in [0.1, 0.15) is 51.5 Å². The van der Waals surface area contributed by atoms with Gasteiger partial charge in [0.25, 0.3) is 0 Å². The molecule has 0 aliphatic carbocycles. The average Bonchev–Trinajstić information content (AvgIpc) is 3.04. The van der Waals surface area contributed by atoms with Crippen LogP contribution in [0.3, 0.4) is 0 Å². The zero-order valence-corrected chi connectivity index (χ0v) is 16.7. The number of benzene rings is 1. The second-order valence-corrected chi connectivity index (χ2v) is 9.23. The lowest BCUT2D eigenvalue weighted by atomic mass is 9.75. The Balaban J connectivity index is 1.55. The highest BCUT2D eigenvalue weighted by molar-refractivity contribution is 5.79. The monoisotopic (exact) mass is 373 g/mol. The Labute approximate surface area is 162 Å². The van der Waals surface area contributed by atoms with E-state index in [1.54, 1.807) is 12.1 Å². The summed E-state index contributed by atoms with van der Waals surface area (Å²) < 4.78 is 13.4. The second-order valence-electron chi connectivity index (χ2n) is 9.23. The number of amides is 1. The molecule has 1 amide bonds. The summed E-state index contributed by atoms with van der Waals surface area (Å²) in [6.45, 7) is 9.92. The summed E-state index contributed by atoms with van der Waals surface area (Å²) >= 11 is 0. The van der Waals surface area contributed by atoms with Crippen molar-refractivity contribution in [2.45, 2.75) is 63.6 Å². The largest absolute Gasteiger partial charge is 0.350 e. The van der Waals surface area contributed by atoms with E-state index < -0.39 is 0 Å². The van der Waals surface area contributed by atoms with Gasteiger partial charge in [-0.1, -0.05) is 19.1 Å². The van der Waals surface area contributed by atoms with E-state index in [2.05, 4.69) is 35.9 Å². The predicted octanol–water partition coefficient (Wildman–Crippen LogP) is 2.99. The molecule has 4 nitrogen and oxygen atoms in total. The molecule has 0 aromatic heterocycles. The third-order valence-electron chi connectivity index (χ3n) is 7.10. The van der Waals surface area contributed by atoms with Crippen molar-refractivity contribution in [3.63, 3.8) is 0 Å². The van der Waals surface area contributed by atoms with E-state index in [9.17, 15) is 9.18 Å². The fraction of sp³-hybridized carbons (Fsp3) is 0.682. The van der Waals surface area contributed by atoms with E-state index in [0.717, 1.165) is 26.1 Å². The van der Waals surface area contributed by atoms with Gasteiger partial charge in [-0.2, -0.15) is 0 Å². The molecule has 5 rings (SSSR count). The van der Waals surface area contributed by atoms with Gasteiger partial charge in [0.15, 0.2) is 0 Å². The molecule has 4 heterocycles. The van der Waals surface area contributed by atoms with Crippen LogP contribution in [-0.2, 0) is 4.79 Å². The summed E-state index contributed by atoms with van der Waals surface area (Å²) in [4.78, 5) is 17.8. The summed E-state index contributed by atoms with van der Waals surface area (Å²) in [5, 5.41) is 3.19. The molecule has 1 aromatic carbocycles. The number of halogens is 1. The standard InChI is InChI=1S/C22H32FN3O/c1-4-22(2,3)24-19(27)14-26-13-18(15-5-7-17(23)8-6-15)21-20(26)16-9-11-25(21)12-10-16/h5-8,16,18,20-21H,4,9-14H2,1-3H3,(H,24,27)/t18-,20+,21+/m1/s1. The first-order valence-electron chi connectivity index (χ1n) is 10.4. The average molecular weight is 374 g/mol. The molecule has 0 radical (unpaired) electrons. The van der Waals surface area contributed by atoms with Gasteiger partial charge in [0, 0.05) is 30.1 Å². The maximum absolute atomic E-state index is 13.4. The number of carbonyl (C=O) groups is 1. The van der Waals surface area contributed by atoms with Gasteiger partial charge in [-0.15, -0.1) is 0 Å². The van der Waals surface area contributed by atoms with Crippen LogP contribution in [-0.4, -0.2) is 59.5 Å². The van der Waals surface area contributed by atoms with E-state index >= 15 is 0 Å². The van der Waals surface area contributed by atoms with Crippen LogP contribution in [0.15, 0.2) is 24.3 Å². The Bertz CT molecular complexity index is 681. The van der Waals surface area contributed by atoms with Crippen LogP contribution in [0, 0.1) is 11.7 Å². The predicted molar refractivity (Wildman–Crippen MR) is 105 cm³/mol. The zero-order chi connectivity index (χ0) is 19.2. The van der Waals surface area contributed by atoms with Crippen molar-refractivity contribution in [3.05, 3.63) is 35.6 Å². The van der Waals surface area contributed by atoms with Crippen molar-refractivity contribution in [3.8, 4) is 0 Å². The quantitative estimate of drug-likeness (QED) is 0.862. The molecule has 4 fully saturated rings. The lowest BCUT2D eigenvalue weighted by Gasteiger charge is -2.51. The van der Waals surface area contributed by atoms with Gasteiger partial charge >= 0.3 is 0 Å². The lowest BCUT2D eigenvalue weighted by Crippen LogP contribution is -2.61. The molecule has 3 atom stereocenters. The highest BCUT2D eigenvalue weighted by atomic mass is 19.1. The number of nitrogens with one attached hydrogen (secondary N) is 1. The Morgan fingerprint density at radius 3 is 2.48 bits per heavy atom. The summed E-state index contributed by atoms with van der Waals surface area (Å²) in [6.07, 6.45) is 3.38. The van der Waals surface area contributed by atoms with Crippen LogP contribution < -0.4 is 5.32 Å². The fourth-order valence-corrected chi connectivity index (χ4v) is 5.42. The first-order chi connectivity index (χ1) is 12.9. The minimum Gasteiger partial charge on any atom is -0.350 e. The first kappa shape index (κ1) is 18.9. The molecule has 27 heavy (non-hydrogen) atoms. The molecule has 4 saturated heterocycles. The summed E-state index contributed by atoms with van der Waals surface area (Å²) in [5.74, 6) is 0.969. The van der Waals surface area contributed by atoms with Crippen molar-refractivity contribution >= 4 is 5.91 Å². The van der Waals surface area contributed by atoms with Gasteiger partial charge in [0.2, 0.25) is 5.91 Å². The molecule has 5 heteroatoms. The first-order valence-corrected chi connectivity index (χ1v) is 10.4. The SMILES string of the molecule is CCC(C)(C)NC(=O)CN1C[C@H](c2ccc(F)cc2)[C@H]2[C@@H]1C1CCN2CC1. The molecule has 148 valence electrons. The normalized spacial score (nSPS) is 33.1. The number of nitrogens with zero attached hydrogens (tertiary/aromatic N) is 2. The number of hydrogen-bond donors (Lipinski definition) is 1. The minimum atomic E-state index is -0.184. The number of hydrogen-bond acceptors (Lipinski definition) is 3. The Morgan fingerprint density at radius 2 is 1.85 bits per heavy atom. The summed E-state index contributed by atoms with van der Waals surface area (Å²) in [6, 6.07) is 7.90. The van der Waals surface area contributed by atoms with E-state index in [0.29, 0.717) is 30.5 Å². The smallest absolute Gasteiger partial charge is 0.234 e. The topological polar surface area (TPSA) is 35.6 Å². The maximum Gasteiger partial charge on any atom is 0.234 e. The molecule has 0 saturated carbocycles. The number of carbonyl (C=O) groups excluding carboxylic acids is 1. The van der Waals surface area contributed by atoms with Crippen LogP contribution in [0.2, 0.25) is 0 Å². The fourth-order valence-electron chi connectivity index (χ4n) is 5.42. The zero-order valence-electron chi connectivity index (χ0n) is 16.7. The van der Waals surface area contributed by atoms with E-state index in [1.807, 2.05) is 12.1 Å². The Hall–Kier alpha value is -1.46. The van der Waals surface area contributed by atoms with Crippen LogP contribution in [0.5, 0.6) is 0 Å². The number of piperidine rings is 3. The van der Waals surface area contributed by atoms with Gasteiger partial charge in [0.1, 0.15) is 5.82 Å². The van der Waals surface area contributed by atoms with Gasteiger partial charge < -0.3 is 5.32 Å². The molecule has 4 aliphatic rings. The highest BCUT2D eigenvalue weighted by Gasteiger charge is 2.53. The van der Waals surface area contributed by atoms with E-state index in [1.165, 1.54) is 18.4 Å². The minimum absolute atomic E-state index is 0.122. The molecule has 0 spiro atoms. The van der Waals surface area contributed by atoms with Crippen molar-refractivity contribution in [2.24, 2.45) is 5.92 Å².